The first kappa shape index (κ1) is 11.7. The Morgan fingerprint density at radius 2 is 2.20 bits per heavy atom. The molecule has 1 rings (SSSR count). The van der Waals surface area contributed by atoms with E-state index in [0.29, 0.717) is 12.1 Å². The highest BCUT2D eigenvalue weighted by atomic mass is 19.1. The summed E-state index contributed by atoms with van der Waals surface area (Å²) < 4.78 is 13.3. The van der Waals surface area contributed by atoms with E-state index >= 15 is 0 Å². The molecule has 1 amide bonds. The molecule has 0 aliphatic carbocycles. The van der Waals surface area contributed by atoms with Crippen LogP contribution in [0, 0.1) is 5.82 Å². The Bertz CT molecular complexity index is 341. The summed E-state index contributed by atoms with van der Waals surface area (Å²) in [4.78, 5) is 11.2. The van der Waals surface area contributed by atoms with Crippen molar-refractivity contribution in [3.8, 4) is 0 Å². The van der Waals surface area contributed by atoms with Crippen LogP contribution in [0.4, 0.5) is 4.39 Å². The van der Waals surface area contributed by atoms with Crippen LogP contribution >= 0.6 is 0 Å². The Hall–Kier alpha value is -1.42. The average Bonchev–Trinajstić information content (AvgIpc) is 2.18. The molecule has 4 heteroatoms. The summed E-state index contributed by atoms with van der Waals surface area (Å²) in [5, 5.41) is 2.62. The standard InChI is InChI=1S/C11H15FN2O/c1-2-14-11(15)7-10(13)8-5-3-4-6-9(8)12/h3-6,10H,2,7,13H2,1H3,(H,14,15). The fourth-order valence-electron chi connectivity index (χ4n) is 1.35. The third-order valence-electron chi connectivity index (χ3n) is 2.08. The third-order valence-corrected chi connectivity index (χ3v) is 2.08. The van der Waals surface area contributed by atoms with Crippen molar-refractivity contribution in [2.45, 2.75) is 19.4 Å². The molecule has 1 unspecified atom stereocenters. The zero-order chi connectivity index (χ0) is 11.3. The molecule has 0 aliphatic heterocycles. The summed E-state index contributed by atoms with van der Waals surface area (Å²) in [5.74, 6) is -0.525. The number of rotatable bonds is 4. The first-order chi connectivity index (χ1) is 7.15. The van der Waals surface area contributed by atoms with Gasteiger partial charge in [0.15, 0.2) is 0 Å². The second-order valence-electron chi connectivity index (χ2n) is 3.29. The minimum Gasteiger partial charge on any atom is -0.356 e. The fourth-order valence-corrected chi connectivity index (χ4v) is 1.35. The van der Waals surface area contributed by atoms with Crippen molar-refractivity contribution in [2.75, 3.05) is 6.54 Å². The van der Waals surface area contributed by atoms with Gasteiger partial charge < -0.3 is 11.1 Å². The van der Waals surface area contributed by atoms with Crippen LogP contribution in [0.5, 0.6) is 0 Å². The topological polar surface area (TPSA) is 55.1 Å². The molecule has 1 atom stereocenters. The van der Waals surface area contributed by atoms with E-state index in [4.69, 9.17) is 5.73 Å². The van der Waals surface area contributed by atoms with Gasteiger partial charge in [-0.1, -0.05) is 18.2 Å². The van der Waals surface area contributed by atoms with Crippen LogP contribution in [0.1, 0.15) is 24.9 Å². The predicted molar refractivity (Wildman–Crippen MR) is 56.6 cm³/mol. The van der Waals surface area contributed by atoms with E-state index in [-0.39, 0.29) is 18.1 Å². The maximum absolute atomic E-state index is 13.3. The highest BCUT2D eigenvalue weighted by Gasteiger charge is 2.14. The Balaban J connectivity index is 2.65. The SMILES string of the molecule is CCNC(=O)CC(N)c1ccccc1F. The summed E-state index contributed by atoms with van der Waals surface area (Å²) in [6.45, 7) is 2.38. The lowest BCUT2D eigenvalue weighted by Gasteiger charge is -2.12. The number of hydrogen-bond acceptors (Lipinski definition) is 2. The molecule has 1 aromatic rings. The Kier molecular flexibility index (Phi) is 4.24. The van der Waals surface area contributed by atoms with Crippen molar-refractivity contribution in [1.29, 1.82) is 0 Å². The van der Waals surface area contributed by atoms with E-state index in [1.807, 2.05) is 6.92 Å². The zero-order valence-corrected chi connectivity index (χ0v) is 8.66. The smallest absolute Gasteiger partial charge is 0.221 e. The van der Waals surface area contributed by atoms with Crippen molar-refractivity contribution in [3.63, 3.8) is 0 Å². The molecule has 3 N–H and O–H groups in total. The molecule has 0 radical (unpaired) electrons. The second-order valence-corrected chi connectivity index (χ2v) is 3.29. The largest absolute Gasteiger partial charge is 0.356 e. The minimum absolute atomic E-state index is 0.106. The lowest BCUT2D eigenvalue weighted by atomic mass is 10.0. The van der Waals surface area contributed by atoms with Gasteiger partial charge in [-0.15, -0.1) is 0 Å². The van der Waals surface area contributed by atoms with Gasteiger partial charge in [0.2, 0.25) is 5.91 Å². The number of nitrogens with one attached hydrogen (secondary N) is 1. The van der Waals surface area contributed by atoms with Gasteiger partial charge in [0.25, 0.3) is 0 Å². The fraction of sp³-hybridized carbons (Fsp3) is 0.364. The Labute approximate surface area is 88.5 Å². The van der Waals surface area contributed by atoms with Crippen LogP contribution in [-0.2, 0) is 4.79 Å². The first-order valence-electron chi connectivity index (χ1n) is 4.91. The maximum atomic E-state index is 13.3. The molecule has 0 saturated carbocycles. The average molecular weight is 210 g/mol. The van der Waals surface area contributed by atoms with Crippen LogP contribution in [0.3, 0.4) is 0 Å². The van der Waals surface area contributed by atoms with Crippen molar-refractivity contribution in [1.82, 2.24) is 5.32 Å². The minimum atomic E-state index is -0.585. The second kappa shape index (κ2) is 5.46. The van der Waals surface area contributed by atoms with Gasteiger partial charge in [0, 0.05) is 24.6 Å². The van der Waals surface area contributed by atoms with Gasteiger partial charge in [-0.2, -0.15) is 0 Å². The summed E-state index contributed by atoms with van der Waals surface area (Å²) in [7, 11) is 0. The van der Waals surface area contributed by atoms with Crippen LogP contribution < -0.4 is 11.1 Å². The lowest BCUT2D eigenvalue weighted by molar-refractivity contribution is -0.121. The molecule has 0 heterocycles. The number of carbonyl (C=O) groups excluding carboxylic acids is 1. The summed E-state index contributed by atoms with van der Waals surface area (Å²) in [5.41, 5.74) is 6.10. The van der Waals surface area contributed by atoms with Gasteiger partial charge in [-0.3, -0.25) is 4.79 Å². The number of carbonyl (C=O) groups is 1. The highest BCUT2D eigenvalue weighted by molar-refractivity contribution is 5.76. The molecule has 0 aliphatic rings. The normalized spacial score (nSPS) is 12.2. The Morgan fingerprint density at radius 3 is 2.80 bits per heavy atom. The van der Waals surface area contributed by atoms with E-state index in [0.717, 1.165) is 0 Å². The zero-order valence-electron chi connectivity index (χ0n) is 8.66. The third kappa shape index (κ3) is 3.32. The predicted octanol–water partition coefficient (Wildman–Crippen LogP) is 1.35. The molecular formula is C11H15FN2O. The van der Waals surface area contributed by atoms with Gasteiger partial charge in [0.1, 0.15) is 5.82 Å². The van der Waals surface area contributed by atoms with Crippen molar-refractivity contribution >= 4 is 5.91 Å². The Morgan fingerprint density at radius 1 is 1.53 bits per heavy atom. The van der Waals surface area contributed by atoms with Crippen molar-refractivity contribution in [2.24, 2.45) is 5.73 Å². The van der Waals surface area contributed by atoms with Crippen LogP contribution in [-0.4, -0.2) is 12.5 Å². The van der Waals surface area contributed by atoms with Crippen molar-refractivity contribution < 1.29 is 9.18 Å². The molecule has 0 bridgehead atoms. The molecule has 0 saturated heterocycles. The number of nitrogens with two attached hydrogens (primary N) is 1. The summed E-state index contributed by atoms with van der Waals surface area (Å²) >= 11 is 0. The number of hydrogen-bond donors (Lipinski definition) is 2. The summed E-state index contributed by atoms with van der Waals surface area (Å²) in [6.07, 6.45) is 0.106. The lowest BCUT2D eigenvalue weighted by Crippen LogP contribution is -2.27. The number of amides is 1. The molecule has 15 heavy (non-hydrogen) atoms. The van der Waals surface area contributed by atoms with Gasteiger partial charge in [0.05, 0.1) is 0 Å². The van der Waals surface area contributed by atoms with Crippen LogP contribution in [0.15, 0.2) is 24.3 Å². The van der Waals surface area contributed by atoms with Gasteiger partial charge in [-0.05, 0) is 13.0 Å². The van der Waals surface area contributed by atoms with E-state index in [9.17, 15) is 9.18 Å². The molecule has 0 fully saturated rings. The summed E-state index contributed by atoms with van der Waals surface area (Å²) in [6, 6.07) is 5.65. The molecule has 1 aromatic carbocycles. The van der Waals surface area contributed by atoms with Gasteiger partial charge in [-0.25, -0.2) is 4.39 Å². The maximum Gasteiger partial charge on any atom is 0.221 e. The number of benzene rings is 1. The van der Waals surface area contributed by atoms with Crippen molar-refractivity contribution in [3.05, 3.63) is 35.6 Å². The highest BCUT2D eigenvalue weighted by Crippen LogP contribution is 2.17. The van der Waals surface area contributed by atoms with E-state index in [1.165, 1.54) is 6.07 Å². The van der Waals surface area contributed by atoms with E-state index in [2.05, 4.69) is 5.32 Å². The monoisotopic (exact) mass is 210 g/mol. The quantitative estimate of drug-likeness (QED) is 0.788. The van der Waals surface area contributed by atoms with E-state index in [1.54, 1.807) is 18.2 Å². The van der Waals surface area contributed by atoms with Gasteiger partial charge >= 0.3 is 0 Å². The molecule has 3 nitrogen and oxygen atoms in total. The van der Waals surface area contributed by atoms with Crippen LogP contribution in [0.25, 0.3) is 0 Å². The molecule has 0 aromatic heterocycles. The molecular weight excluding hydrogens is 195 g/mol. The first-order valence-corrected chi connectivity index (χ1v) is 4.91. The van der Waals surface area contributed by atoms with Crippen LogP contribution in [0.2, 0.25) is 0 Å². The molecule has 0 spiro atoms. The van der Waals surface area contributed by atoms with E-state index < -0.39 is 6.04 Å². The number of halogens is 1. The molecule has 82 valence electrons.